The van der Waals surface area contributed by atoms with E-state index in [1.807, 2.05) is 36.7 Å². The molecule has 0 spiro atoms. The fourth-order valence-electron chi connectivity index (χ4n) is 1.96. The lowest BCUT2D eigenvalue weighted by Gasteiger charge is -2.09. The van der Waals surface area contributed by atoms with Gasteiger partial charge in [0.2, 0.25) is 0 Å². The lowest BCUT2D eigenvalue weighted by Crippen LogP contribution is -2.16. The first-order valence-corrected chi connectivity index (χ1v) is 5.36. The van der Waals surface area contributed by atoms with Crippen LogP contribution in [0.3, 0.4) is 0 Å². The van der Waals surface area contributed by atoms with Crippen molar-refractivity contribution in [3.05, 3.63) is 35.5 Å². The van der Waals surface area contributed by atoms with E-state index >= 15 is 0 Å². The maximum Gasteiger partial charge on any atom is 0.340 e. The SMILES string of the molecule is COC(=O)C(O)c1cc2ccc(C)cc2n1C. The molecule has 0 aliphatic rings. The van der Waals surface area contributed by atoms with E-state index in [-0.39, 0.29) is 0 Å². The molecule has 90 valence electrons. The number of methoxy groups -OCH3 is 1. The number of carbonyl (C=O) groups is 1. The number of aryl methyl sites for hydroxylation is 2. The van der Waals surface area contributed by atoms with Gasteiger partial charge in [0.05, 0.1) is 12.8 Å². The molecule has 1 heterocycles. The molecule has 2 aromatic rings. The van der Waals surface area contributed by atoms with Crippen LogP contribution in [0.25, 0.3) is 10.9 Å². The Bertz CT molecular complexity index is 571. The van der Waals surface area contributed by atoms with Crippen LogP contribution < -0.4 is 0 Å². The van der Waals surface area contributed by atoms with E-state index in [4.69, 9.17) is 0 Å². The summed E-state index contributed by atoms with van der Waals surface area (Å²) in [5.41, 5.74) is 2.67. The van der Waals surface area contributed by atoms with Gasteiger partial charge in [0.1, 0.15) is 0 Å². The van der Waals surface area contributed by atoms with E-state index < -0.39 is 12.1 Å². The predicted octanol–water partition coefficient (Wildman–Crippen LogP) is 1.69. The van der Waals surface area contributed by atoms with Gasteiger partial charge in [-0.3, -0.25) is 0 Å². The van der Waals surface area contributed by atoms with Gasteiger partial charge >= 0.3 is 5.97 Å². The minimum Gasteiger partial charge on any atom is -0.467 e. The van der Waals surface area contributed by atoms with Crippen molar-refractivity contribution in [3.63, 3.8) is 0 Å². The Morgan fingerprint density at radius 2 is 2.12 bits per heavy atom. The average Bonchev–Trinajstić information content (AvgIpc) is 2.65. The monoisotopic (exact) mass is 233 g/mol. The number of aromatic nitrogens is 1. The van der Waals surface area contributed by atoms with Gasteiger partial charge in [-0.25, -0.2) is 4.79 Å². The molecule has 0 aliphatic carbocycles. The second-order valence-corrected chi connectivity index (χ2v) is 4.12. The van der Waals surface area contributed by atoms with Gasteiger partial charge in [-0.15, -0.1) is 0 Å². The van der Waals surface area contributed by atoms with Crippen LogP contribution in [0.2, 0.25) is 0 Å². The molecule has 1 aromatic heterocycles. The standard InChI is InChI=1S/C13H15NO3/c1-8-4-5-9-7-11(12(15)13(16)17-3)14(2)10(9)6-8/h4-7,12,15H,1-3H3. The van der Waals surface area contributed by atoms with Crippen molar-refractivity contribution in [2.45, 2.75) is 13.0 Å². The maximum atomic E-state index is 11.3. The van der Waals surface area contributed by atoms with Gasteiger partial charge in [0.25, 0.3) is 0 Å². The number of nitrogens with zero attached hydrogens (tertiary/aromatic N) is 1. The lowest BCUT2D eigenvalue weighted by atomic mass is 10.2. The van der Waals surface area contributed by atoms with E-state index in [9.17, 15) is 9.90 Å². The highest BCUT2D eigenvalue weighted by molar-refractivity contribution is 5.85. The average molecular weight is 233 g/mol. The molecular formula is C13H15NO3. The summed E-state index contributed by atoms with van der Waals surface area (Å²) in [6.07, 6.45) is -1.24. The van der Waals surface area contributed by atoms with Crippen LogP contribution in [-0.4, -0.2) is 22.8 Å². The fourth-order valence-corrected chi connectivity index (χ4v) is 1.96. The predicted molar refractivity (Wildman–Crippen MR) is 64.6 cm³/mol. The van der Waals surface area contributed by atoms with Crippen LogP contribution in [0.5, 0.6) is 0 Å². The lowest BCUT2D eigenvalue weighted by molar-refractivity contribution is -0.151. The molecule has 0 saturated carbocycles. The number of carbonyl (C=O) groups excluding carboxylic acids is 1. The van der Waals surface area contributed by atoms with E-state index in [1.165, 1.54) is 7.11 Å². The molecule has 0 radical (unpaired) electrons. The molecular weight excluding hydrogens is 218 g/mol. The first kappa shape index (κ1) is 11.7. The molecule has 0 saturated heterocycles. The number of aliphatic hydroxyl groups excluding tert-OH is 1. The second kappa shape index (κ2) is 4.22. The largest absolute Gasteiger partial charge is 0.467 e. The summed E-state index contributed by atoms with van der Waals surface area (Å²) in [6, 6.07) is 7.79. The van der Waals surface area contributed by atoms with Crippen molar-refractivity contribution in [2.75, 3.05) is 7.11 Å². The summed E-state index contributed by atoms with van der Waals surface area (Å²) in [4.78, 5) is 11.3. The molecule has 0 aliphatic heterocycles. The van der Waals surface area contributed by atoms with Crippen molar-refractivity contribution >= 4 is 16.9 Å². The molecule has 4 heteroatoms. The minimum absolute atomic E-state index is 0.539. The van der Waals surface area contributed by atoms with E-state index in [1.54, 1.807) is 6.07 Å². The molecule has 0 amide bonds. The van der Waals surface area contributed by atoms with E-state index in [0.717, 1.165) is 16.5 Å². The van der Waals surface area contributed by atoms with Crippen LogP contribution >= 0.6 is 0 Å². The van der Waals surface area contributed by atoms with Crippen LogP contribution in [0.1, 0.15) is 17.4 Å². The number of fused-ring (bicyclic) bond motifs is 1. The Morgan fingerprint density at radius 1 is 1.41 bits per heavy atom. The highest BCUT2D eigenvalue weighted by atomic mass is 16.5. The molecule has 4 nitrogen and oxygen atoms in total. The number of hydrogen-bond acceptors (Lipinski definition) is 3. The Balaban J connectivity index is 2.56. The Morgan fingerprint density at radius 3 is 2.76 bits per heavy atom. The molecule has 17 heavy (non-hydrogen) atoms. The summed E-state index contributed by atoms with van der Waals surface area (Å²) in [5, 5.41) is 10.8. The molecule has 0 fully saturated rings. The van der Waals surface area contributed by atoms with Crippen molar-refractivity contribution in [2.24, 2.45) is 7.05 Å². The number of esters is 1. The van der Waals surface area contributed by atoms with E-state index in [2.05, 4.69) is 4.74 Å². The van der Waals surface area contributed by atoms with Gasteiger partial charge in [0.15, 0.2) is 6.10 Å². The third-order valence-electron chi connectivity index (χ3n) is 2.94. The fraction of sp³-hybridized carbons (Fsp3) is 0.308. The minimum atomic E-state index is -1.24. The van der Waals surface area contributed by atoms with Crippen LogP contribution in [0, 0.1) is 6.92 Å². The molecule has 1 unspecified atom stereocenters. The van der Waals surface area contributed by atoms with Crippen molar-refractivity contribution in [1.82, 2.24) is 4.57 Å². The Labute approximate surface area is 99.4 Å². The topological polar surface area (TPSA) is 51.5 Å². The maximum absolute atomic E-state index is 11.3. The van der Waals surface area contributed by atoms with Crippen LogP contribution in [0.15, 0.2) is 24.3 Å². The number of rotatable bonds is 2. The quantitative estimate of drug-likeness (QED) is 0.803. The molecule has 1 N–H and O–H groups in total. The summed E-state index contributed by atoms with van der Waals surface area (Å²) in [6.45, 7) is 2.00. The van der Waals surface area contributed by atoms with Crippen LogP contribution in [-0.2, 0) is 16.6 Å². The van der Waals surface area contributed by atoms with Crippen molar-refractivity contribution in [3.8, 4) is 0 Å². The highest BCUT2D eigenvalue weighted by Gasteiger charge is 2.22. The smallest absolute Gasteiger partial charge is 0.340 e. The molecule has 1 atom stereocenters. The highest BCUT2D eigenvalue weighted by Crippen LogP contribution is 2.24. The second-order valence-electron chi connectivity index (χ2n) is 4.12. The van der Waals surface area contributed by atoms with Gasteiger partial charge < -0.3 is 14.4 Å². The number of benzene rings is 1. The molecule has 0 bridgehead atoms. The summed E-state index contributed by atoms with van der Waals surface area (Å²) in [5.74, 6) is -0.646. The van der Waals surface area contributed by atoms with Crippen molar-refractivity contribution in [1.29, 1.82) is 0 Å². The van der Waals surface area contributed by atoms with Crippen molar-refractivity contribution < 1.29 is 14.6 Å². The molecule has 2 rings (SSSR count). The normalized spacial score (nSPS) is 12.7. The van der Waals surface area contributed by atoms with Gasteiger partial charge in [-0.2, -0.15) is 0 Å². The molecule has 1 aromatic carbocycles. The number of hydrogen-bond donors (Lipinski definition) is 1. The van der Waals surface area contributed by atoms with Gasteiger partial charge in [0, 0.05) is 12.6 Å². The third kappa shape index (κ3) is 1.91. The van der Waals surface area contributed by atoms with Gasteiger partial charge in [-0.1, -0.05) is 12.1 Å². The summed E-state index contributed by atoms with van der Waals surface area (Å²) >= 11 is 0. The van der Waals surface area contributed by atoms with Crippen LogP contribution in [0.4, 0.5) is 0 Å². The number of ether oxygens (including phenoxy) is 1. The zero-order chi connectivity index (χ0) is 12.6. The Kier molecular flexibility index (Phi) is 2.90. The Hall–Kier alpha value is -1.81. The summed E-state index contributed by atoms with van der Waals surface area (Å²) < 4.78 is 6.35. The first-order chi connectivity index (χ1) is 8.04. The summed E-state index contributed by atoms with van der Waals surface area (Å²) in [7, 11) is 3.08. The third-order valence-corrected chi connectivity index (χ3v) is 2.94. The van der Waals surface area contributed by atoms with E-state index in [0.29, 0.717) is 5.69 Å². The van der Waals surface area contributed by atoms with Gasteiger partial charge in [-0.05, 0) is 30.0 Å². The zero-order valence-corrected chi connectivity index (χ0v) is 10.1. The number of aliphatic hydroxyl groups is 1. The first-order valence-electron chi connectivity index (χ1n) is 5.36. The zero-order valence-electron chi connectivity index (χ0n) is 10.1.